The highest BCUT2D eigenvalue weighted by Gasteiger charge is 2.36. The van der Waals surface area contributed by atoms with Gasteiger partial charge in [-0.3, -0.25) is 14.6 Å². The smallest absolute Gasteiger partial charge is 0.257 e. The molecule has 0 spiro atoms. The van der Waals surface area contributed by atoms with Gasteiger partial charge >= 0.3 is 0 Å². The van der Waals surface area contributed by atoms with E-state index in [4.69, 9.17) is 21.1 Å². The Bertz CT molecular complexity index is 2240. The molecular formula is C38H37ClN4O8S. The number of anilines is 1. The molecule has 7 rings (SSSR count). The number of nitrogens with zero attached hydrogens (tertiary/aromatic N) is 3. The van der Waals surface area contributed by atoms with Crippen LogP contribution in [-0.2, 0) is 14.8 Å². The minimum Gasteiger partial charge on any atom is -0.507 e. The van der Waals surface area contributed by atoms with Gasteiger partial charge in [-0.05, 0) is 53.8 Å². The van der Waals surface area contributed by atoms with E-state index in [1.165, 1.54) is 14.2 Å². The van der Waals surface area contributed by atoms with Crippen LogP contribution in [0.1, 0.15) is 40.2 Å². The van der Waals surface area contributed by atoms with Crippen molar-refractivity contribution >= 4 is 67.4 Å². The summed E-state index contributed by atoms with van der Waals surface area (Å²) in [5, 5.41) is 23.2. The molecule has 0 saturated carbocycles. The summed E-state index contributed by atoms with van der Waals surface area (Å²) in [6.07, 6.45) is 2.72. The van der Waals surface area contributed by atoms with Crippen molar-refractivity contribution in [2.75, 3.05) is 44.6 Å². The number of methoxy groups -OCH3 is 1. The number of rotatable bonds is 10. The third-order valence-corrected chi connectivity index (χ3v) is 11.6. The number of phenolic OH excluding ortho intramolecular Hbond substituents is 1. The fourth-order valence-corrected chi connectivity index (χ4v) is 8.08. The molecule has 0 bridgehead atoms. The standard InChI is InChI=1S/C38H37ClN4O8S/c1-40-52(48,49)27-9-7-22(8-10-27)23-11-12-42-25(13-23)19-41-31-16-35(34(50-2)15-30(31)38(42)47)51-21-26(44)14-36(46)43-20-24(18-39)37-29-6-4-3-5-28(29)33(45)17-32(37)43/h3-11,15-17,19,24-26,40,44-45H,12-14,18,20-21H2,1-2H3/t24-,25+,26+/m1/s1. The summed E-state index contributed by atoms with van der Waals surface area (Å²) in [4.78, 5) is 35.3. The molecule has 14 heteroatoms. The van der Waals surface area contributed by atoms with Gasteiger partial charge in [-0.25, -0.2) is 13.1 Å². The summed E-state index contributed by atoms with van der Waals surface area (Å²) < 4.78 is 38.1. The number of amides is 2. The number of ether oxygens (including phenoxy) is 2. The van der Waals surface area contributed by atoms with E-state index in [1.807, 2.05) is 30.3 Å². The lowest BCUT2D eigenvalue weighted by Gasteiger charge is -2.32. The first-order valence-electron chi connectivity index (χ1n) is 16.7. The lowest BCUT2D eigenvalue weighted by Crippen LogP contribution is -2.43. The van der Waals surface area contributed by atoms with E-state index in [0.29, 0.717) is 41.8 Å². The van der Waals surface area contributed by atoms with Crippen LogP contribution in [0.5, 0.6) is 17.2 Å². The molecule has 0 radical (unpaired) electrons. The number of nitrogens with one attached hydrogen (secondary N) is 1. The number of alkyl halides is 1. The molecule has 3 N–H and O–H groups in total. The van der Waals surface area contributed by atoms with Crippen LogP contribution < -0.4 is 19.1 Å². The lowest BCUT2D eigenvalue weighted by molar-refractivity contribution is -0.120. The molecule has 3 heterocycles. The molecule has 0 aromatic heterocycles. The van der Waals surface area contributed by atoms with E-state index < -0.39 is 16.1 Å². The maximum atomic E-state index is 13.8. The number of benzene rings is 4. The first kappa shape index (κ1) is 35.5. The van der Waals surface area contributed by atoms with Crippen LogP contribution in [0.4, 0.5) is 11.4 Å². The van der Waals surface area contributed by atoms with Crippen molar-refractivity contribution < 1.29 is 37.7 Å². The molecule has 0 fully saturated rings. The predicted octanol–water partition coefficient (Wildman–Crippen LogP) is 4.98. The number of aliphatic hydroxyl groups excluding tert-OH is 1. The molecule has 52 heavy (non-hydrogen) atoms. The second kappa shape index (κ2) is 14.2. The molecule has 12 nitrogen and oxygen atoms in total. The Balaban J connectivity index is 1.04. The van der Waals surface area contributed by atoms with Crippen LogP contribution in [0.3, 0.4) is 0 Å². The highest BCUT2D eigenvalue weighted by atomic mass is 35.5. The molecule has 3 atom stereocenters. The fourth-order valence-electron chi connectivity index (χ4n) is 7.10. The largest absolute Gasteiger partial charge is 0.507 e. The quantitative estimate of drug-likeness (QED) is 0.192. The summed E-state index contributed by atoms with van der Waals surface area (Å²) >= 11 is 6.32. The minimum absolute atomic E-state index is 0.0602. The highest BCUT2D eigenvalue weighted by Crippen LogP contribution is 2.45. The number of aliphatic hydroxyl groups is 1. The zero-order valence-electron chi connectivity index (χ0n) is 28.5. The van der Waals surface area contributed by atoms with Crippen molar-refractivity contribution in [2.24, 2.45) is 4.99 Å². The summed E-state index contributed by atoms with van der Waals surface area (Å²) in [7, 11) is -0.753. The van der Waals surface area contributed by atoms with Crippen LogP contribution in [-0.4, -0.2) is 93.4 Å². The molecule has 0 unspecified atom stereocenters. The maximum absolute atomic E-state index is 13.8. The van der Waals surface area contributed by atoms with Crippen molar-refractivity contribution in [3.63, 3.8) is 0 Å². The summed E-state index contributed by atoms with van der Waals surface area (Å²) in [6.45, 7) is 0.411. The van der Waals surface area contributed by atoms with E-state index in [1.54, 1.807) is 58.5 Å². The van der Waals surface area contributed by atoms with Crippen LogP contribution in [0.25, 0.3) is 16.3 Å². The van der Waals surface area contributed by atoms with Crippen LogP contribution in [0.2, 0.25) is 0 Å². The zero-order valence-corrected chi connectivity index (χ0v) is 30.0. The van der Waals surface area contributed by atoms with E-state index >= 15 is 0 Å². The Morgan fingerprint density at radius 2 is 1.85 bits per heavy atom. The Morgan fingerprint density at radius 3 is 2.56 bits per heavy atom. The molecule has 4 aromatic carbocycles. The number of aromatic hydroxyl groups is 1. The number of hydrogen-bond acceptors (Lipinski definition) is 9. The Hall–Kier alpha value is -4.95. The molecule has 0 saturated heterocycles. The van der Waals surface area contributed by atoms with Crippen molar-refractivity contribution in [1.29, 1.82) is 0 Å². The summed E-state index contributed by atoms with van der Waals surface area (Å²) in [5.41, 5.74) is 3.99. The second-order valence-corrected chi connectivity index (χ2v) is 15.1. The van der Waals surface area contributed by atoms with Crippen molar-refractivity contribution in [3.05, 3.63) is 89.5 Å². The number of fused-ring (bicyclic) bond motifs is 5. The van der Waals surface area contributed by atoms with Gasteiger partial charge in [0.25, 0.3) is 5.91 Å². The minimum atomic E-state index is -3.56. The van der Waals surface area contributed by atoms with Crippen molar-refractivity contribution in [3.8, 4) is 17.2 Å². The first-order valence-corrected chi connectivity index (χ1v) is 18.8. The zero-order chi connectivity index (χ0) is 36.7. The van der Waals surface area contributed by atoms with Gasteiger partial charge < -0.3 is 29.5 Å². The molecule has 0 aliphatic carbocycles. The van der Waals surface area contributed by atoms with Gasteiger partial charge in [-0.1, -0.05) is 42.5 Å². The number of aliphatic imine (C=N–C) groups is 1. The molecule has 3 aliphatic rings. The average molecular weight is 745 g/mol. The Morgan fingerprint density at radius 1 is 1.10 bits per heavy atom. The Labute approximate surface area is 306 Å². The normalized spacial score (nSPS) is 18.7. The molecule has 270 valence electrons. The number of halogens is 1. The van der Waals surface area contributed by atoms with Crippen molar-refractivity contribution in [1.82, 2.24) is 9.62 Å². The van der Waals surface area contributed by atoms with E-state index in [9.17, 15) is 28.2 Å². The SMILES string of the molecule is CNS(=O)(=O)c1ccc(C2=CCN3C(=O)c4cc(OC)c(OC[C@@H](O)CC(=O)N5C[C@@H](CCl)c6c5cc(O)c5ccccc65)cc4N=C[C@@H]3C2)cc1. The topological polar surface area (TPSA) is 158 Å². The van der Waals surface area contributed by atoms with Gasteiger partial charge in [0, 0.05) is 48.6 Å². The van der Waals surface area contributed by atoms with Gasteiger partial charge in [0.2, 0.25) is 15.9 Å². The van der Waals surface area contributed by atoms with Crippen LogP contribution in [0.15, 0.2) is 82.7 Å². The van der Waals surface area contributed by atoms with Crippen LogP contribution in [0, 0.1) is 0 Å². The van der Waals surface area contributed by atoms with Crippen LogP contribution >= 0.6 is 11.6 Å². The predicted molar refractivity (Wildman–Crippen MR) is 199 cm³/mol. The molecular weight excluding hydrogens is 708 g/mol. The van der Waals surface area contributed by atoms with Gasteiger partial charge in [0.15, 0.2) is 11.5 Å². The van der Waals surface area contributed by atoms with Gasteiger partial charge in [-0.15, -0.1) is 11.6 Å². The Kier molecular flexibility index (Phi) is 9.70. The second-order valence-electron chi connectivity index (χ2n) is 12.9. The monoisotopic (exact) mass is 744 g/mol. The van der Waals surface area contributed by atoms with E-state index in [0.717, 1.165) is 22.1 Å². The summed E-state index contributed by atoms with van der Waals surface area (Å²) in [6, 6.07) is 18.4. The van der Waals surface area contributed by atoms with Gasteiger partial charge in [0.1, 0.15) is 12.4 Å². The molecule has 2 amide bonds. The molecule has 3 aliphatic heterocycles. The number of carbonyl (C=O) groups is 2. The lowest BCUT2D eigenvalue weighted by atomic mass is 9.94. The van der Waals surface area contributed by atoms with Crippen molar-refractivity contribution in [2.45, 2.75) is 35.8 Å². The third-order valence-electron chi connectivity index (χ3n) is 9.80. The number of sulfonamides is 1. The van der Waals surface area contributed by atoms with Gasteiger partial charge in [-0.2, -0.15) is 0 Å². The third kappa shape index (κ3) is 6.49. The fraction of sp³-hybridized carbons (Fsp3) is 0.289. The number of phenols is 1. The number of carbonyl (C=O) groups excluding carboxylic acids is 2. The van der Waals surface area contributed by atoms with E-state index in [2.05, 4.69) is 9.71 Å². The number of hydrogen-bond donors (Lipinski definition) is 3. The average Bonchev–Trinajstić information content (AvgIpc) is 3.48. The maximum Gasteiger partial charge on any atom is 0.257 e. The van der Waals surface area contributed by atoms with E-state index in [-0.39, 0.29) is 64.8 Å². The summed E-state index contributed by atoms with van der Waals surface area (Å²) in [5.74, 6) is 0.152. The first-order chi connectivity index (χ1) is 25.0. The molecule has 4 aromatic rings. The highest BCUT2D eigenvalue weighted by molar-refractivity contribution is 7.89. The van der Waals surface area contributed by atoms with Gasteiger partial charge in [0.05, 0.1) is 47.5 Å².